The quantitative estimate of drug-likeness (QED) is 0.741. The molecule has 2 unspecified atom stereocenters. The topological polar surface area (TPSA) is 18.5 Å². The minimum absolute atomic E-state index is 0.0481. The van der Waals surface area contributed by atoms with Crippen LogP contribution in [0, 0.1) is 5.82 Å². The summed E-state index contributed by atoms with van der Waals surface area (Å²) in [4.78, 5) is 0. The fraction of sp³-hybridized carbons (Fsp3) is 0.600. The maximum absolute atomic E-state index is 12.8. The molecule has 2 nitrogen and oxygen atoms in total. The van der Waals surface area contributed by atoms with Crippen molar-refractivity contribution in [2.24, 2.45) is 0 Å². The van der Waals surface area contributed by atoms with E-state index in [0.717, 1.165) is 12.0 Å². The molecule has 1 aliphatic heterocycles. The Morgan fingerprint density at radius 3 is 2.50 bits per heavy atom. The van der Waals surface area contributed by atoms with Crippen molar-refractivity contribution in [3.63, 3.8) is 0 Å². The Morgan fingerprint density at radius 2 is 1.89 bits per heavy atom. The van der Waals surface area contributed by atoms with Crippen LogP contribution in [-0.2, 0) is 9.47 Å². The van der Waals surface area contributed by atoms with E-state index in [1.54, 1.807) is 12.1 Å². The van der Waals surface area contributed by atoms with E-state index in [9.17, 15) is 4.39 Å². The molecule has 0 spiro atoms. The lowest BCUT2D eigenvalue weighted by Gasteiger charge is -2.29. The third kappa shape index (κ3) is 3.79. The molecule has 0 aromatic heterocycles. The Balaban J connectivity index is 1.77. The maximum Gasteiger partial charge on any atom is 0.123 e. The van der Waals surface area contributed by atoms with E-state index in [0.29, 0.717) is 13.2 Å². The van der Waals surface area contributed by atoms with Crippen LogP contribution in [0.25, 0.3) is 0 Å². The van der Waals surface area contributed by atoms with Crippen molar-refractivity contribution in [1.82, 2.24) is 0 Å². The first kappa shape index (κ1) is 13.5. The third-order valence-electron chi connectivity index (χ3n) is 3.34. The van der Waals surface area contributed by atoms with Gasteiger partial charge in [-0.05, 0) is 24.1 Å². The number of benzene rings is 1. The van der Waals surface area contributed by atoms with E-state index in [4.69, 9.17) is 9.47 Å². The van der Waals surface area contributed by atoms with Gasteiger partial charge in [0.05, 0.1) is 19.3 Å². The zero-order valence-electron chi connectivity index (χ0n) is 10.9. The van der Waals surface area contributed by atoms with E-state index >= 15 is 0 Å². The molecule has 0 radical (unpaired) electrons. The van der Waals surface area contributed by atoms with Gasteiger partial charge < -0.3 is 9.47 Å². The van der Waals surface area contributed by atoms with Gasteiger partial charge in [0.1, 0.15) is 11.9 Å². The second kappa shape index (κ2) is 6.86. The molecule has 0 N–H and O–H groups in total. The summed E-state index contributed by atoms with van der Waals surface area (Å²) in [5.74, 6) is -0.215. The minimum Gasteiger partial charge on any atom is -0.373 e. The van der Waals surface area contributed by atoms with Gasteiger partial charge >= 0.3 is 0 Å². The summed E-state index contributed by atoms with van der Waals surface area (Å²) in [5.41, 5.74) is 0.989. The third-order valence-corrected chi connectivity index (χ3v) is 3.34. The molecule has 1 aliphatic rings. The average Bonchev–Trinajstić information content (AvgIpc) is 2.41. The highest BCUT2D eigenvalue weighted by Gasteiger charge is 2.23. The number of rotatable bonds is 5. The molecule has 0 bridgehead atoms. The van der Waals surface area contributed by atoms with E-state index in [1.807, 2.05) is 0 Å². The van der Waals surface area contributed by atoms with Crippen LogP contribution in [0.5, 0.6) is 0 Å². The predicted molar refractivity (Wildman–Crippen MR) is 69.0 cm³/mol. The molecule has 0 aliphatic carbocycles. The van der Waals surface area contributed by atoms with Crippen molar-refractivity contribution in [2.45, 2.75) is 44.8 Å². The lowest BCUT2D eigenvalue weighted by atomic mass is 10.1. The van der Waals surface area contributed by atoms with E-state index in [2.05, 4.69) is 6.92 Å². The number of ether oxygens (including phenoxy) is 2. The van der Waals surface area contributed by atoms with Gasteiger partial charge in [0.15, 0.2) is 0 Å². The monoisotopic (exact) mass is 252 g/mol. The molecule has 1 aromatic rings. The number of hydrogen-bond donors (Lipinski definition) is 0. The van der Waals surface area contributed by atoms with Gasteiger partial charge in [0.25, 0.3) is 0 Å². The lowest BCUT2D eigenvalue weighted by molar-refractivity contribution is -0.137. The highest BCUT2D eigenvalue weighted by Crippen LogP contribution is 2.24. The van der Waals surface area contributed by atoms with Gasteiger partial charge in [-0.25, -0.2) is 4.39 Å². The fourth-order valence-electron chi connectivity index (χ4n) is 2.20. The molecule has 1 aromatic carbocycles. The molecule has 2 rings (SSSR count). The molecule has 18 heavy (non-hydrogen) atoms. The van der Waals surface area contributed by atoms with Crippen molar-refractivity contribution >= 4 is 0 Å². The Bertz CT molecular complexity index is 342. The van der Waals surface area contributed by atoms with Crippen LogP contribution in [0.4, 0.5) is 4.39 Å². The highest BCUT2D eigenvalue weighted by molar-refractivity contribution is 5.19. The standard InChI is InChI=1S/C15H21FO2/c1-2-3-4-5-14-10-18-15(11-17-14)12-6-8-13(16)9-7-12/h6-9,14-15H,2-5,10-11H2,1H3. The van der Waals surface area contributed by atoms with E-state index in [-0.39, 0.29) is 18.0 Å². The summed E-state index contributed by atoms with van der Waals surface area (Å²) in [7, 11) is 0. The van der Waals surface area contributed by atoms with Crippen molar-refractivity contribution in [3.8, 4) is 0 Å². The molecular formula is C15H21FO2. The number of halogens is 1. The fourth-order valence-corrected chi connectivity index (χ4v) is 2.20. The second-order valence-corrected chi connectivity index (χ2v) is 4.82. The zero-order chi connectivity index (χ0) is 12.8. The van der Waals surface area contributed by atoms with Crippen LogP contribution < -0.4 is 0 Å². The molecular weight excluding hydrogens is 231 g/mol. The van der Waals surface area contributed by atoms with E-state index < -0.39 is 0 Å². The summed E-state index contributed by atoms with van der Waals surface area (Å²) >= 11 is 0. The normalized spacial score (nSPS) is 24.1. The number of unbranched alkanes of at least 4 members (excludes halogenated alkanes) is 2. The van der Waals surface area contributed by atoms with Crippen molar-refractivity contribution in [3.05, 3.63) is 35.6 Å². The largest absolute Gasteiger partial charge is 0.373 e. The van der Waals surface area contributed by atoms with Crippen LogP contribution in [0.15, 0.2) is 24.3 Å². The van der Waals surface area contributed by atoms with Gasteiger partial charge in [-0.15, -0.1) is 0 Å². The predicted octanol–water partition coefficient (Wildman–Crippen LogP) is 3.86. The van der Waals surface area contributed by atoms with Crippen molar-refractivity contribution < 1.29 is 13.9 Å². The maximum atomic E-state index is 12.8. The van der Waals surface area contributed by atoms with Gasteiger partial charge in [-0.1, -0.05) is 38.3 Å². The van der Waals surface area contributed by atoms with Gasteiger partial charge in [0, 0.05) is 0 Å². The van der Waals surface area contributed by atoms with Crippen molar-refractivity contribution in [2.75, 3.05) is 13.2 Å². The van der Waals surface area contributed by atoms with Crippen LogP contribution in [-0.4, -0.2) is 19.3 Å². The Labute approximate surface area is 108 Å². The Morgan fingerprint density at radius 1 is 1.11 bits per heavy atom. The molecule has 1 saturated heterocycles. The highest BCUT2D eigenvalue weighted by atomic mass is 19.1. The first-order chi connectivity index (χ1) is 8.79. The molecule has 3 heteroatoms. The molecule has 0 amide bonds. The van der Waals surface area contributed by atoms with Crippen LogP contribution >= 0.6 is 0 Å². The summed E-state index contributed by atoms with van der Waals surface area (Å²) in [6.45, 7) is 3.41. The molecule has 100 valence electrons. The van der Waals surface area contributed by atoms with Gasteiger partial charge in [-0.2, -0.15) is 0 Å². The average molecular weight is 252 g/mol. The SMILES string of the molecule is CCCCCC1COC(c2ccc(F)cc2)CO1. The molecule has 1 heterocycles. The van der Waals surface area contributed by atoms with Crippen LogP contribution in [0.3, 0.4) is 0 Å². The number of hydrogen-bond acceptors (Lipinski definition) is 2. The minimum atomic E-state index is -0.215. The lowest BCUT2D eigenvalue weighted by Crippen LogP contribution is -2.31. The first-order valence-corrected chi connectivity index (χ1v) is 6.78. The molecule has 0 saturated carbocycles. The summed E-state index contributed by atoms with van der Waals surface area (Å²) in [5, 5.41) is 0. The summed E-state index contributed by atoms with van der Waals surface area (Å²) < 4.78 is 24.4. The second-order valence-electron chi connectivity index (χ2n) is 4.82. The molecule has 1 fully saturated rings. The smallest absolute Gasteiger partial charge is 0.123 e. The zero-order valence-corrected chi connectivity index (χ0v) is 10.9. The summed E-state index contributed by atoms with van der Waals surface area (Å²) in [6.07, 6.45) is 4.93. The Kier molecular flexibility index (Phi) is 5.14. The molecule has 2 atom stereocenters. The van der Waals surface area contributed by atoms with Crippen molar-refractivity contribution in [1.29, 1.82) is 0 Å². The van der Waals surface area contributed by atoms with Gasteiger partial charge in [-0.3, -0.25) is 0 Å². The van der Waals surface area contributed by atoms with Gasteiger partial charge in [0.2, 0.25) is 0 Å². The first-order valence-electron chi connectivity index (χ1n) is 6.78. The van der Waals surface area contributed by atoms with E-state index in [1.165, 1.54) is 31.4 Å². The Hall–Kier alpha value is -0.930. The summed E-state index contributed by atoms with van der Waals surface area (Å²) in [6, 6.07) is 6.46. The van der Waals surface area contributed by atoms with Crippen LogP contribution in [0.1, 0.15) is 44.3 Å². The van der Waals surface area contributed by atoms with Crippen LogP contribution in [0.2, 0.25) is 0 Å².